The lowest BCUT2D eigenvalue weighted by atomic mass is 9.81. The van der Waals surface area contributed by atoms with Crippen molar-refractivity contribution >= 4 is 42.6 Å². The predicted octanol–water partition coefficient (Wildman–Crippen LogP) is 6.23. The summed E-state index contributed by atoms with van der Waals surface area (Å²) >= 11 is 7.53. The highest BCUT2D eigenvalue weighted by atomic mass is 79.9. The van der Waals surface area contributed by atoms with E-state index in [2.05, 4.69) is 68.3 Å². The second kappa shape index (κ2) is 5.34. The zero-order chi connectivity index (χ0) is 12.5. The molecule has 2 aromatic carbocycles. The van der Waals surface area contributed by atoms with Gasteiger partial charge < -0.3 is 0 Å². The zero-order valence-electron chi connectivity index (χ0n) is 10.2. The molecule has 0 amide bonds. The molecule has 1 unspecified atom stereocenters. The molecule has 3 rings (SSSR count). The molecule has 1 aliphatic rings. The highest BCUT2D eigenvalue weighted by molar-refractivity contribution is 9.10. The summed E-state index contributed by atoms with van der Waals surface area (Å²) in [6.45, 7) is 0. The van der Waals surface area contributed by atoms with Crippen LogP contribution < -0.4 is 0 Å². The molecule has 0 spiro atoms. The molecule has 0 aromatic heterocycles. The number of benzene rings is 2. The molecule has 0 bridgehead atoms. The number of hydrogen-bond acceptors (Lipinski definition) is 0. The fraction of sp³-hybridized carbons (Fsp3) is 0.375. The van der Waals surface area contributed by atoms with Crippen molar-refractivity contribution in [3.8, 4) is 0 Å². The summed E-state index contributed by atoms with van der Waals surface area (Å²) in [5.74, 6) is 0.928. The molecule has 0 radical (unpaired) electrons. The summed E-state index contributed by atoms with van der Waals surface area (Å²) in [5.41, 5.74) is 1.43. The smallest absolute Gasteiger partial charge is 0.0404 e. The molecule has 1 atom stereocenters. The van der Waals surface area contributed by atoms with E-state index >= 15 is 0 Å². The maximum absolute atomic E-state index is 3.89. The largest absolute Gasteiger partial charge is 0.0838 e. The molecule has 0 heterocycles. The van der Waals surface area contributed by atoms with Gasteiger partial charge in [0.15, 0.2) is 0 Å². The van der Waals surface area contributed by atoms with Gasteiger partial charge in [-0.2, -0.15) is 0 Å². The Bertz CT molecular complexity index is 558. The highest BCUT2D eigenvalue weighted by Gasteiger charge is 2.22. The van der Waals surface area contributed by atoms with Gasteiger partial charge in [0.1, 0.15) is 0 Å². The Balaban J connectivity index is 1.97. The quantitative estimate of drug-likeness (QED) is 0.564. The van der Waals surface area contributed by atoms with Crippen molar-refractivity contribution in [2.24, 2.45) is 5.92 Å². The molecule has 94 valence electrons. The molecular weight excluding hydrogens is 352 g/mol. The second-order valence-corrected chi connectivity index (χ2v) is 7.14. The second-order valence-electron chi connectivity index (χ2n) is 5.18. The Kier molecular flexibility index (Phi) is 3.76. The Labute approximate surface area is 125 Å². The summed E-state index contributed by atoms with van der Waals surface area (Å²) in [4.78, 5) is 0.487. The van der Waals surface area contributed by atoms with E-state index in [0.29, 0.717) is 4.83 Å². The third-order valence-corrected chi connectivity index (χ3v) is 5.57. The van der Waals surface area contributed by atoms with Crippen LogP contribution in [0.4, 0.5) is 0 Å². The van der Waals surface area contributed by atoms with Gasteiger partial charge in [0.2, 0.25) is 0 Å². The minimum Gasteiger partial charge on any atom is -0.0838 e. The van der Waals surface area contributed by atoms with Crippen molar-refractivity contribution in [3.05, 3.63) is 46.4 Å². The van der Waals surface area contributed by atoms with Gasteiger partial charge in [-0.15, -0.1) is 0 Å². The molecule has 0 saturated heterocycles. The molecule has 0 nitrogen and oxygen atoms in total. The van der Waals surface area contributed by atoms with Crippen molar-refractivity contribution in [2.45, 2.75) is 30.5 Å². The van der Waals surface area contributed by atoms with Gasteiger partial charge in [0, 0.05) is 9.30 Å². The van der Waals surface area contributed by atoms with Gasteiger partial charge in [0.25, 0.3) is 0 Å². The van der Waals surface area contributed by atoms with Gasteiger partial charge in [0.05, 0.1) is 0 Å². The standard InChI is InChI=1S/C16H16Br2/c17-15-9-8-14(12-6-1-2-7-13(12)15)16(18)10-11-4-3-5-11/h1-2,6-9,11,16H,3-5,10H2. The predicted molar refractivity (Wildman–Crippen MR) is 85.3 cm³/mol. The summed E-state index contributed by atoms with van der Waals surface area (Å²) in [5, 5.41) is 2.68. The lowest BCUT2D eigenvalue weighted by Gasteiger charge is -2.28. The normalized spacial score (nSPS) is 17.7. The molecule has 2 heteroatoms. The monoisotopic (exact) mass is 366 g/mol. The van der Waals surface area contributed by atoms with Crippen LogP contribution in [0.3, 0.4) is 0 Å². The van der Waals surface area contributed by atoms with E-state index in [1.165, 1.54) is 46.5 Å². The van der Waals surface area contributed by atoms with Gasteiger partial charge in [-0.05, 0) is 34.7 Å². The van der Waals surface area contributed by atoms with Crippen LogP contribution in [-0.4, -0.2) is 0 Å². The molecule has 0 aliphatic heterocycles. The first-order valence-corrected chi connectivity index (χ1v) is 8.28. The maximum Gasteiger partial charge on any atom is 0.0404 e. The average Bonchev–Trinajstić information content (AvgIpc) is 2.34. The van der Waals surface area contributed by atoms with Gasteiger partial charge in [-0.1, -0.05) is 81.5 Å². The van der Waals surface area contributed by atoms with Crippen molar-refractivity contribution < 1.29 is 0 Å². The van der Waals surface area contributed by atoms with E-state index in [1.54, 1.807) is 0 Å². The summed E-state index contributed by atoms with van der Waals surface area (Å²) < 4.78 is 1.19. The first kappa shape index (κ1) is 12.7. The van der Waals surface area contributed by atoms with Crippen LogP contribution in [0.25, 0.3) is 10.8 Å². The van der Waals surface area contributed by atoms with Crippen LogP contribution in [0.1, 0.15) is 36.1 Å². The Morgan fingerprint density at radius 3 is 2.44 bits per heavy atom. The summed E-state index contributed by atoms with van der Waals surface area (Å²) in [6.07, 6.45) is 5.52. The van der Waals surface area contributed by atoms with Crippen LogP contribution in [-0.2, 0) is 0 Å². The fourth-order valence-electron chi connectivity index (χ4n) is 2.71. The summed E-state index contributed by atoms with van der Waals surface area (Å²) in [6, 6.07) is 13.1. The van der Waals surface area contributed by atoms with Gasteiger partial charge >= 0.3 is 0 Å². The van der Waals surface area contributed by atoms with Crippen molar-refractivity contribution in [2.75, 3.05) is 0 Å². The van der Waals surface area contributed by atoms with Crippen LogP contribution in [0.2, 0.25) is 0 Å². The molecule has 1 fully saturated rings. The van der Waals surface area contributed by atoms with E-state index < -0.39 is 0 Å². The zero-order valence-corrected chi connectivity index (χ0v) is 13.4. The third kappa shape index (κ3) is 2.37. The number of fused-ring (bicyclic) bond motifs is 1. The average molecular weight is 368 g/mol. The minimum atomic E-state index is 0.487. The first-order chi connectivity index (χ1) is 8.75. The van der Waals surface area contributed by atoms with Crippen LogP contribution in [0, 0.1) is 5.92 Å². The first-order valence-electron chi connectivity index (χ1n) is 6.57. The number of hydrogen-bond donors (Lipinski definition) is 0. The van der Waals surface area contributed by atoms with E-state index in [4.69, 9.17) is 0 Å². The van der Waals surface area contributed by atoms with Crippen molar-refractivity contribution in [1.29, 1.82) is 0 Å². The van der Waals surface area contributed by atoms with Crippen molar-refractivity contribution in [3.63, 3.8) is 0 Å². The Morgan fingerprint density at radius 1 is 1.06 bits per heavy atom. The Hall–Kier alpha value is -0.340. The van der Waals surface area contributed by atoms with E-state index in [-0.39, 0.29) is 0 Å². The number of halogens is 2. The van der Waals surface area contributed by atoms with Gasteiger partial charge in [-0.25, -0.2) is 0 Å². The molecule has 18 heavy (non-hydrogen) atoms. The van der Waals surface area contributed by atoms with Gasteiger partial charge in [-0.3, -0.25) is 0 Å². The van der Waals surface area contributed by atoms with E-state index in [9.17, 15) is 0 Å². The van der Waals surface area contributed by atoms with Crippen LogP contribution in [0.5, 0.6) is 0 Å². The third-order valence-electron chi connectivity index (χ3n) is 4.01. The maximum atomic E-state index is 3.89. The highest BCUT2D eigenvalue weighted by Crippen LogP contribution is 2.41. The SMILES string of the molecule is Brc1ccc(C(Br)CC2CCC2)c2ccccc12. The fourth-order valence-corrected chi connectivity index (χ4v) is 4.11. The number of alkyl halides is 1. The summed E-state index contributed by atoms with van der Waals surface area (Å²) in [7, 11) is 0. The number of rotatable bonds is 3. The van der Waals surface area contributed by atoms with Crippen LogP contribution >= 0.6 is 31.9 Å². The molecule has 1 aliphatic carbocycles. The molecule has 1 saturated carbocycles. The Morgan fingerprint density at radius 2 is 1.78 bits per heavy atom. The van der Waals surface area contributed by atoms with Crippen molar-refractivity contribution in [1.82, 2.24) is 0 Å². The lowest BCUT2D eigenvalue weighted by molar-refractivity contribution is 0.296. The molecule has 0 N–H and O–H groups in total. The van der Waals surface area contributed by atoms with E-state index in [1.807, 2.05) is 0 Å². The topological polar surface area (TPSA) is 0 Å². The molecular formula is C16H16Br2. The molecule has 2 aromatic rings. The van der Waals surface area contributed by atoms with Crippen LogP contribution in [0.15, 0.2) is 40.9 Å². The minimum absolute atomic E-state index is 0.487. The lowest BCUT2D eigenvalue weighted by Crippen LogP contribution is -2.12. The van der Waals surface area contributed by atoms with E-state index in [0.717, 1.165) is 5.92 Å².